The van der Waals surface area contributed by atoms with Gasteiger partial charge in [-0.3, -0.25) is 4.90 Å². The molecule has 5 rings (SSSR count). The zero-order chi connectivity index (χ0) is 29.1. The summed E-state index contributed by atoms with van der Waals surface area (Å²) < 4.78 is 41.0. The maximum Gasteiger partial charge on any atom is 0.377 e. The van der Waals surface area contributed by atoms with E-state index < -0.39 is 41.1 Å². The van der Waals surface area contributed by atoms with E-state index in [4.69, 9.17) is 9.47 Å². The van der Waals surface area contributed by atoms with E-state index in [1.165, 1.54) is 24.1 Å². The fraction of sp³-hybridized carbons (Fsp3) is 0.250. The molecule has 4 aromatic rings. The SMILES string of the molecule is COc1cc(Oc2ccccc2)c(N(C(=O)n2nnn(-c3c(F)cccc3F)c2=O)C2CCCCC2)cc1C(=O)O. The van der Waals surface area contributed by atoms with Crippen LogP contribution in [0, 0.1) is 11.6 Å². The van der Waals surface area contributed by atoms with Crippen molar-refractivity contribution in [1.29, 1.82) is 0 Å². The minimum atomic E-state index is -1.32. The number of carbonyl (C=O) groups is 2. The number of nitrogens with zero attached hydrogens (tertiary/aromatic N) is 5. The van der Waals surface area contributed by atoms with Gasteiger partial charge in [-0.05, 0) is 53.6 Å². The zero-order valence-corrected chi connectivity index (χ0v) is 21.9. The lowest BCUT2D eigenvalue weighted by atomic mass is 9.93. The summed E-state index contributed by atoms with van der Waals surface area (Å²) in [5.41, 5.74) is -2.20. The van der Waals surface area contributed by atoms with Gasteiger partial charge in [0, 0.05) is 12.1 Å². The number of ether oxygens (including phenoxy) is 2. The highest BCUT2D eigenvalue weighted by atomic mass is 19.1. The van der Waals surface area contributed by atoms with Crippen molar-refractivity contribution in [3.63, 3.8) is 0 Å². The van der Waals surface area contributed by atoms with Gasteiger partial charge in [0.15, 0.2) is 17.4 Å². The molecule has 1 fully saturated rings. The molecule has 0 aliphatic heterocycles. The van der Waals surface area contributed by atoms with E-state index in [1.54, 1.807) is 30.3 Å². The molecule has 0 saturated heterocycles. The summed E-state index contributed by atoms with van der Waals surface area (Å²) in [7, 11) is 1.30. The van der Waals surface area contributed by atoms with Gasteiger partial charge >= 0.3 is 17.7 Å². The maximum absolute atomic E-state index is 14.4. The lowest BCUT2D eigenvalue weighted by Crippen LogP contribution is -2.47. The number of anilines is 1. The summed E-state index contributed by atoms with van der Waals surface area (Å²) in [5, 5.41) is 17.1. The number of rotatable bonds is 7. The monoisotopic (exact) mass is 565 g/mol. The van der Waals surface area contributed by atoms with Gasteiger partial charge in [0.2, 0.25) is 0 Å². The van der Waals surface area contributed by atoms with Crippen LogP contribution in [-0.4, -0.2) is 50.0 Å². The van der Waals surface area contributed by atoms with E-state index >= 15 is 0 Å². The number of carbonyl (C=O) groups excluding carboxylic acids is 1. The minimum absolute atomic E-state index is 0.0126. The Bertz CT molecular complexity index is 1630. The average Bonchev–Trinajstić information content (AvgIpc) is 3.35. The van der Waals surface area contributed by atoms with E-state index in [9.17, 15) is 28.3 Å². The molecule has 1 aliphatic rings. The van der Waals surface area contributed by atoms with Gasteiger partial charge in [0.05, 0.1) is 12.8 Å². The molecule has 11 nitrogen and oxygen atoms in total. The normalized spacial score (nSPS) is 13.5. The van der Waals surface area contributed by atoms with Gasteiger partial charge in [-0.25, -0.2) is 23.2 Å². The second-order valence-corrected chi connectivity index (χ2v) is 9.34. The van der Waals surface area contributed by atoms with Crippen LogP contribution in [0.25, 0.3) is 5.69 Å². The van der Waals surface area contributed by atoms with Gasteiger partial charge in [-0.1, -0.05) is 43.5 Å². The first-order valence-corrected chi connectivity index (χ1v) is 12.8. The van der Waals surface area contributed by atoms with Crippen LogP contribution in [0.3, 0.4) is 0 Å². The average molecular weight is 566 g/mol. The van der Waals surface area contributed by atoms with Crippen LogP contribution in [0.5, 0.6) is 17.2 Å². The standard InChI is InChI=1S/C28H25F2N5O6/c1-40-23-16-24(41-18-11-6-3-7-12-18)22(15-19(23)26(36)37)33(17-9-4-2-5-10-17)27(38)35-28(39)34(31-32-35)25-20(29)13-8-14-21(25)30/h3,6-8,11-17H,2,4-5,9-10H2,1H3,(H,36,37). The number of tetrazole rings is 1. The second kappa shape index (κ2) is 11.6. The maximum atomic E-state index is 14.4. The van der Waals surface area contributed by atoms with Crippen molar-refractivity contribution < 1.29 is 33.0 Å². The molecule has 1 N–H and O–H groups in total. The predicted octanol–water partition coefficient (Wildman–Crippen LogP) is 5.01. The summed E-state index contributed by atoms with van der Waals surface area (Å²) in [5.74, 6) is -3.00. The van der Waals surface area contributed by atoms with Gasteiger partial charge in [-0.15, -0.1) is 4.68 Å². The molecule has 0 spiro atoms. The smallest absolute Gasteiger partial charge is 0.377 e. The van der Waals surface area contributed by atoms with Crippen molar-refractivity contribution in [2.45, 2.75) is 38.1 Å². The molecule has 0 atom stereocenters. The summed E-state index contributed by atoms with van der Waals surface area (Å²) in [6.07, 6.45) is 3.55. The molecule has 3 aromatic carbocycles. The molecule has 1 aromatic heterocycles. The third kappa shape index (κ3) is 5.38. The molecule has 1 amide bonds. The number of hydrogen-bond acceptors (Lipinski definition) is 7. The number of amides is 1. The van der Waals surface area contributed by atoms with Crippen LogP contribution in [-0.2, 0) is 0 Å². The van der Waals surface area contributed by atoms with E-state index in [0.29, 0.717) is 28.0 Å². The molecule has 0 unspecified atom stereocenters. The van der Waals surface area contributed by atoms with Crippen LogP contribution in [0.2, 0.25) is 0 Å². The van der Waals surface area contributed by atoms with Gasteiger partial charge in [0.1, 0.15) is 22.7 Å². The molecular formula is C28H25F2N5O6. The van der Waals surface area contributed by atoms with Crippen molar-refractivity contribution in [2.24, 2.45) is 0 Å². The summed E-state index contributed by atoms with van der Waals surface area (Å²) >= 11 is 0. The molecule has 0 bridgehead atoms. The van der Waals surface area contributed by atoms with Gasteiger partial charge in [0.25, 0.3) is 0 Å². The number of halogens is 2. The lowest BCUT2D eigenvalue weighted by Gasteiger charge is -2.34. The third-order valence-electron chi connectivity index (χ3n) is 6.80. The first-order chi connectivity index (χ1) is 19.8. The Morgan fingerprint density at radius 2 is 1.63 bits per heavy atom. The van der Waals surface area contributed by atoms with Crippen LogP contribution >= 0.6 is 0 Å². The Morgan fingerprint density at radius 3 is 2.27 bits per heavy atom. The van der Waals surface area contributed by atoms with Gasteiger partial charge in [-0.2, -0.15) is 4.68 Å². The number of para-hydroxylation sites is 2. The van der Waals surface area contributed by atoms with Crippen LogP contribution in [0.1, 0.15) is 42.5 Å². The molecule has 212 valence electrons. The highest BCUT2D eigenvalue weighted by Gasteiger charge is 2.34. The van der Waals surface area contributed by atoms with Crippen molar-refractivity contribution in [3.8, 4) is 22.9 Å². The van der Waals surface area contributed by atoms with Gasteiger partial charge < -0.3 is 14.6 Å². The molecule has 0 radical (unpaired) electrons. The van der Waals surface area contributed by atoms with Crippen LogP contribution in [0.15, 0.2) is 65.5 Å². The molecule has 1 aliphatic carbocycles. The first-order valence-electron chi connectivity index (χ1n) is 12.8. The van der Waals surface area contributed by atoms with Crippen molar-refractivity contribution in [2.75, 3.05) is 12.0 Å². The topological polar surface area (TPSA) is 129 Å². The largest absolute Gasteiger partial charge is 0.496 e. The summed E-state index contributed by atoms with van der Waals surface area (Å²) in [4.78, 5) is 40.7. The highest BCUT2D eigenvalue weighted by molar-refractivity contribution is 5.99. The fourth-order valence-electron chi connectivity index (χ4n) is 4.87. The number of methoxy groups -OCH3 is 1. The Labute approximate surface area is 232 Å². The van der Waals surface area contributed by atoms with E-state index in [0.717, 1.165) is 37.5 Å². The highest BCUT2D eigenvalue weighted by Crippen LogP contribution is 2.41. The Hall–Kier alpha value is -5.07. The van der Waals surface area contributed by atoms with E-state index in [1.807, 2.05) is 0 Å². The molecule has 1 saturated carbocycles. The lowest BCUT2D eigenvalue weighted by molar-refractivity contribution is 0.0693. The summed E-state index contributed by atoms with van der Waals surface area (Å²) in [6.45, 7) is 0. The summed E-state index contributed by atoms with van der Waals surface area (Å²) in [6, 6.07) is 12.7. The Kier molecular flexibility index (Phi) is 7.77. The Morgan fingerprint density at radius 1 is 0.951 bits per heavy atom. The number of hydrogen-bond donors (Lipinski definition) is 1. The molecular weight excluding hydrogens is 540 g/mol. The fourth-order valence-corrected chi connectivity index (χ4v) is 4.87. The quantitative estimate of drug-likeness (QED) is 0.310. The van der Waals surface area contributed by atoms with Crippen molar-refractivity contribution in [1.82, 2.24) is 19.8 Å². The third-order valence-corrected chi connectivity index (χ3v) is 6.80. The first kappa shape index (κ1) is 27.5. The predicted molar refractivity (Wildman–Crippen MR) is 142 cm³/mol. The Balaban J connectivity index is 1.68. The number of carboxylic acid groups (broad SMARTS) is 1. The van der Waals surface area contributed by atoms with E-state index in [-0.39, 0.29) is 22.7 Å². The van der Waals surface area contributed by atoms with Crippen molar-refractivity contribution in [3.05, 3.63) is 88.3 Å². The minimum Gasteiger partial charge on any atom is -0.496 e. The molecule has 1 heterocycles. The van der Waals surface area contributed by atoms with Crippen molar-refractivity contribution >= 4 is 17.7 Å². The number of aromatic nitrogens is 4. The number of benzene rings is 3. The number of aromatic carboxylic acids is 1. The van der Waals surface area contributed by atoms with E-state index in [2.05, 4.69) is 10.4 Å². The second-order valence-electron chi connectivity index (χ2n) is 9.34. The molecule has 41 heavy (non-hydrogen) atoms. The van der Waals surface area contributed by atoms with Crippen LogP contribution in [0.4, 0.5) is 19.3 Å². The number of carboxylic acids is 1. The van der Waals surface area contributed by atoms with Crippen LogP contribution < -0.4 is 20.1 Å². The zero-order valence-electron chi connectivity index (χ0n) is 21.9. The molecule has 13 heteroatoms.